The predicted molar refractivity (Wildman–Crippen MR) is 140 cm³/mol. The van der Waals surface area contributed by atoms with Crippen LogP contribution in [0.15, 0.2) is 104 Å². The summed E-state index contributed by atoms with van der Waals surface area (Å²) in [5.74, 6) is -0.720. The first-order chi connectivity index (χ1) is 17.0. The highest BCUT2D eigenvalue weighted by molar-refractivity contribution is 9.10. The topological polar surface area (TPSA) is 107 Å². The average molecular weight is 549 g/mol. The standard InChI is InChI=1S/C26H21BrN4O3S/c1-16-23(25(33)31-18-6-3-2-4-7-18)24(21-8-5-13-34-21)20(14-28)26(29-16)35-15-22(32)30-19-11-9-17(27)10-12-19/h2-13,24,29H,15H2,1H3,(H,30,32)(H,31,33)/t24-/m1/s1. The van der Waals surface area contributed by atoms with Gasteiger partial charge in [-0.1, -0.05) is 45.9 Å². The maximum absolute atomic E-state index is 13.3. The number of carbonyl (C=O) groups excluding carboxylic acids is 2. The minimum atomic E-state index is -0.711. The number of furan rings is 1. The lowest BCUT2D eigenvalue weighted by atomic mass is 9.85. The van der Waals surface area contributed by atoms with Gasteiger partial charge in [0.25, 0.3) is 5.91 Å². The molecule has 0 radical (unpaired) electrons. The molecule has 2 aromatic carbocycles. The number of anilines is 2. The van der Waals surface area contributed by atoms with Crippen molar-refractivity contribution in [3.05, 3.63) is 105 Å². The van der Waals surface area contributed by atoms with Crippen molar-refractivity contribution in [3.63, 3.8) is 0 Å². The molecule has 0 unspecified atom stereocenters. The second kappa shape index (κ2) is 11.1. The third kappa shape index (κ3) is 5.85. The molecule has 1 aliphatic rings. The molecular weight excluding hydrogens is 528 g/mol. The van der Waals surface area contributed by atoms with Crippen LogP contribution in [0.2, 0.25) is 0 Å². The van der Waals surface area contributed by atoms with E-state index in [0.29, 0.717) is 39.0 Å². The summed E-state index contributed by atoms with van der Waals surface area (Å²) in [6.45, 7) is 1.77. The minimum absolute atomic E-state index is 0.0767. The number of nitriles is 1. The Morgan fingerprint density at radius 2 is 1.77 bits per heavy atom. The van der Waals surface area contributed by atoms with E-state index in [1.165, 1.54) is 18.0 Å². The average Bonchev–Trinajstić information content (AvgIpc) is 3.39. The SMILES string of the molecule is CC1=C(C(=O)Nc2ccccc2)[C@@H](c2ccco2)C(C#N)=C(SCC(=O)Nc2ccc(Br)cc2)N1. The van der Waals surface area contributed by atoms with Crippen LogP contribution in [-0.2, 0) is 9.59 Å². The molecule has 2 heterocycles. The van der Waals surface area contributed by atoms with E-state index < -0.39 is 5.92 Å². The van der Waals surface area contributed by atoms with E-state index in [-0.39, 0.29) is 17.6 Å². The van der Waals surface area contributed by atoms with Crippen molar-refractivity contribution in [1.29, 1.82) is 5.26 Å². The normalized spacial score (nSPS) is 15.3. The number of nitrogens with one attached hydrogen (secondary N) is 3. The maximum atomic E-state index is 13.3. The third-order valence-corrected chi connectivity index (χ3v) is 6.77. The van der Waals surface area contributed by atoms with Gasteiger partial charge < -0.3 is 20.4 Å². The molecule has 7 nitrogen and oxygen atoms in total. The van der Waals surface area contributed by atoms with Gasteiger partial charge in [0.15, 0.2) is 0 Å². The molecule has 176 valence electrons. The first-order valence-electron chi connectivity index (χ1n) is 10.7. The van der Waals surface area contributed by atoms with Crippen LogP contribution in [0.5, 0.6) is 0 Å². The molecule has 35 heavy (non-hydrogen) atoms. The van der Waals surface area contributed by atoms with Crippen molar-refractivity contribution in [1.82, 2.24) is 5.32 Å². The lowest BCUT2D eigenvalue weighted by Crippen LogP contribution is -2.31. The van der Waals surface area contributed by atoms with Gasteiger partial charge in [0.1, 0.15) is 5.76 Å². The van der Waals surface area contributed by atoms with Crippen LogP contribution in [0, 0.1) is 11.3 Å². The Labute approximate surface area is 215 Å². The molecule has 2 amide bonds. The number of carbonyl (C=O) groups is 2. The Balaban J connectivity index is 1.57. The number of thioether (sulfide) groups is 1. The van der Waals surface area contributed by atoms with E-state index in [9.17, 15) is 14.9 Å². The van der Waals surface area contributed by atoms with Gasteiger partial charge in [0.05, 0.1) is 40.2 Å². The molecule has 0 bridgehead atoms. The molecule has 3 aromatic rings. The number of amides is 2. The monoisotopic (exact) mass is 548 g/mol. The fourth-order valence-corrected chi connectivity index (χ4v) is 4.81. The van der Waals surface area contributed by atoms with Gasteiger partial charge in [-0.2, -0.15) is 5.26 Å². The zero-order valence-corrected chi connectivity index (χ0v) is 21.1. The summed E-state index contributed by atoms with van der Waals surface area (Å²) in [4.78, 5) is 25.8. The molecular formula is C26H21BrN4O3S. The number of benzene rings is 2. The molecule has 1 aliphatic heterocycles. The summed E-state index contributed by atoms with van der Waals surface area (Å²) in [7, 11) is 0. The number of nitrogens with zero attached hydrogens (tertiary/aromatic N) is 1. The quantitative estimate of drug-likeness (QED) is 0.347. The van der Waals surface area contributed by atoms with Gasteiger partial charge in [-0.15, -0.1) is 0 Å². The Hall–Kier alpha value is -3.74. The predicted octanol–water partition coefficient (Wildman–Crippen LogP) is 5.75. The van der Waals surface area contributed by atoms with E-state index >= 15 is 0 Å². The number of hydrogen-bond acceptors (Lipinski definition) is 6. The van der Waals surface area contributed by atoms with Crippen LogP contribution in [-0.4, -0.2) is 17.6 Å². The number of dihydropyridines is 1. The summed E-state index contributed by atoms with van der Waals surface area (Å²) in [6.07, 6.45) is 1.51. The Morgan fingerprint density at radius 3 is 2.43 bits per heavy atom. The number of halogens is 1. The van der Waals surface area contributed by atoms with E-state index in [4.69, 9.17) is 4.42 Å². The summed E-state index contributed by atoms with van der Waals surface area (Å²) < 4.78 is 6.54. The highest BCUT2D eigenvalue weighted by Gasteiger charge is 2.36. The van der Waals surface area contributed by atoms with E-state index in [1.54, 1.807) is 43.3 Å². The second-order valence-electron chi connectivity index (χ2n) is 7.63. The molecule has 9 heteroatoms. The van der Waals surface area contributed by atoms with Crippen molar-refractivity contribution in [2.24, 2.45) is 0 Å². The van der Waals surface area contributed by atoms with E-state index in [0.717, 1.165) is 4.47 Å². The van der Waals surface area contributed by atoms with Crippen molar-refractivity contribution < 1.29 is 14.0 Å². The van der Waals surface area contributed by atoms with Crippen LogP contribution in [0.25, 0.3) is 0 Å². The molecule has 0 fully saturated rings. The van der Waals surface area contributed by atoms with E-state index in [2.05, 4.69) is 37.9 Å². The number of para-hydroxylation sites is 1. The van der Waals surface area contributed by atoms with Gasteiger partial charge in [-0.25, -0.2) is 0 Å². The summed E-state index contributed by atoms with van der Waals surface area (Å²) >= 11 is 4.57. The van der Waals surface area contributed by atoms with Gasteiger partial charge in [-0.05, 0) is 55.5 Å². The maximum Gasteiger partial charge on any atom is 0.254 e. The minimum Gasteiger partial charge on any atom is -0.468 e. The zero-order chi connectivity index (χ0) is 24.8. The molecule has 3 N–H and O–H groups in total. The van der Waals surface area contributed by atoms with E-state index in [1.807, 2.05) is 30.3 Å². The Bertz CT molecular complexity index is 1330. The van der Waals surface area contributed by atoms with Gasteiger partial charge >= 0.3 is 0 Å². The number of hydrogen-bond donors (Lipinski definition) is 3. The first-order valence-corrected chi connectivity index (χ1v) is 12.4. The lowest BCUT2D eigenvalue weighted by molar-refractivity contribution is -0.114. The summed E-state index contributed by atoms with van der Waals surface area (Å²) in [5.41, 5.74) is 2.58. The number of allylic oxidation sites excluding steroid dienone is 2. The van der Waals surface area contributed by atoms with Crippen LogP contribution >= 0.6 is 27.7 Å². The lowest BCUT2D eigenvalue weighted by Gasteiger charge is -2.28. The Morgan fingerprint density at radius 1 is 1.06 bits per heavy atom. The molecule has 0 spiro atoms. The van der Waals surface area contributed by atoms with Gasteiger partial charge in [0.2, 0.25) is 5.91 Å². The molecule has 1 aromatic heterocycles. The Kier molecular flexibility index (Phi) is 7.75. The van der Waals surface area contributed by atoms with Crippen LogP contribution < -0.4 is 16.0 Å². The highest BCUT2D eigenvalue weighted by atomic mass is 79.9. The second-order valence-corrected chi connectivity index (χ2v) is 9.53. The summed E-state index contributed by atoms with van der Waals surface area (Å²) in [6, 6.07) is 22.0. The summed E-state index contributed by atoms with van der Waals surface area (Å²) in [5, 5.41) is 19.5. The fourth-order valence-electron chi connectivity index (χ4n) is 3.66. The smallest absolute Gasteiger partial charge is 0.254 e. The largest absolute Gasteiger partial charge is 0.468 e. The molecule has 0 aliphatic carbocycles. The zero-order valence-electron chi connectivity index (χ0n) is 18.7. The van der Waals surface area contributed by atoms with Crippen molar-refractivity contribution in [3.8, 4) is 6.07 Å². The molecule has 0 saturated carbocycles. The van der Waals surface area contributed by atoms with Gasteiger partial charge in [0, 0.05) is 21.5 Å². The molecule has 4 rings (SSSR count). The first kappa shape index (κ1) is 24.4. The van der Waals surface area contributed by atoms with Crippen molar-refractivity contribution >= 4 is 50.9 Å². The third-order valence-electron chi connectivity index (χ3n) is 5.23. The van der Waals surface area contributed by atoms with Crippen molar-refractivity contribution in [2.75, 3.05) is 16.4 Å². The van der Waals surface area contributed by atoms with Crippen molar-refractivity contribution in [2.45, 2.75) is 12.8 Å². The highest BCUT2D eigenvalue weighted by Crippen LogP contribution is 2.41. The van der Waals surface area contributed by atoms with Crippen LogP contribution in [0.4, 0.5) is 11.4 Å². The fraction of sp³-hybridized carbons (Fsp3) is 0.115. The molecule has 0 saturated heterocycles. The number of rotatable bonds is 7. The van der Waals surface area contributed by atoms with Gasteiger partial charge in [-0.3, -0.25) is 9.59 Å². The van der Waals surface area contributed by atoms with Crippen LogP contribution in [0.3, 0.4) is 0 Å². The van der Waals surface area contributed by atoms with Crippen LogP contribution in [0.1, 0.15) is 18.6 Å². The molecule has 1 atom stereocenters.